The Morgan fingerprint density at radius 2 is 2.00 bits per heavy atom. The molecule has 1 fully saturated rings. The molecule has 2 aliphatic carbocycles. The highest BCUT2D eigenvalue weighted by atomic mass is 16.6. The minimum absolute atomic E-state index is 0.0190. The standard InChI is InChI=1S/C27H41NO6/c1-3-4-5-8-20(29)10-11-21-22-13-18-7-6-9-25(23(18)14-19(22)15-24(21)30)33-16-27(32)34-17(2)12-26(28)31/h6-7,9,17,19-22,24,29-30H,3-5,8,10-16H2,1-2H3,(H2,28,31)/t17?,19-,20-,21+,22-,24+/m0/s1. The predicted octanol–water partition coefficient (Wildman–Crippen LogP) is 3.31. The Morgan fingerprint density at radius 3 is 2.74 bits per heavy atom. The van der Waals surface area contributed by atoms with Crippen LogP contribution < -0.4 is 10.5 Å². The average Bonchev–Trinajstić information content (AvgIpc) is 3.08. The van der Waals surface area contributed by atoms with Crippen LogP contribution in [0.3, 0.4) is 0 Å². The van der Waals surface area contributed by atoms with E-state index >= 15 is 0 Å². The van der Waals surface area contributed by atoms with Crippen LogP contribution in [0.2, 0.25) is 0 Å². The topological polar surface area (TPSA) is 119 Å². The third kappa shape index (κ3) is 7.19. The van der Waals surface area contributed by atoms with Crippen molar-refractivity contribution >= 4 is 11.9 Å². The third-order valence-electron chi connectivity index (χ3n) is 7.49. The second-order valence-electron chi connectivity index (χ2n) is 10.2. The lowest BCUT2D eigenvalue weighted by Crippen LogP contribution is -2.28. The molecular weight excluding hydrogens is 434 g/mol. The Morgan fingerprint density at radius 1 is 1.21 bits per heavy atom. The second-order valence-corrected chi connectivity index (χ2v) is 10.2. The number of hydrogen-bond donors (Lipinski definition) is 3. The van der Waals surface area contributed by atoms with Gasteiger partial charge in [0.2, 0.25) is 5.91 Å². The van der Waals surface area contributed by atoms with Crippen molar-refractivity contribution in [2.24, 2.45) is 23.5 Å². The smallest absolute Gasteiger partial charge is 0.344 e. The molecular formula is C27H41NO6. The van der Waals surface area contributed by atoms with Gasteiger partial charge in [-0.05, 0) is 80.4 Å². The van der Waals surface area contributed by atoms with E-state index in [2.05, 4.69) is 13.0 Å². The highest BCUT2D eigenvalue weighted by Gasteiger charge is 2.44. The van der Waals surface area contributed by atoms with Crippen molar-refractivity contribution in [3.05, 3.63) is 29.3 Å². The lowest BCUT2D eigenvalue weighted by molar-refractivity contribution is -0.151. The number of esters is 1. The van der Waals surface area contributed by atoms with Crippen LogP contribution in [0.5, 0.6) is 5.75 Å². The molecule has 0 aromatic heterocycles. The number of hydrogen-bond acceptors (Lipinski definition) is 6. The number of aliphatic hydroxyl groups is 2. The van der Waals surface area contributed by atoms with Crippen LogP contribution >= 0.6 is 0 Å². The normalized spacial score (nSPS) is 25.2. The molecule has 1 amide bonds. The van der Waals surface area contributed by atoms with Gasteiger partial charge in [-0.1, -0.05) is 38.3 Å². The number of carbonyl (C=O) groups is 2. The van der Waals surface area contributed by atoms with E-state index in [1.54, 1.807) is 6.92 Å². The summed E-state index contributed by atoms with van der Waals surface area (Å²) >= 11 is 0. The summed E-state index contributed by atoms with van der Waals surface area (Å²) in [6.45, 7) is 3.56. The van der Waals surface area contributed by atoms with E-state index in [9.17, 15) is 19.8 Å². The summed E-state index contributed by atoms with van der Waals surface area (Å²) in [5.74, 6) is 0.618. The van der Waals surface area contributed by atoms with Crippen molar-refractivity contribution in [2.45, 2.75) is 96.4 Å². The lowest BCUT2D eigenvalue weighted by Gasteiger charge is -2.32. The van der Waals surface area contributed by atoms with Crippen LogP contribution in [0.1, 0.15) is 76.3 Å². The number of nitrogens with two attached hydrogens (primary N) is 1. The minimum atomic E-state index is -0.582. The molecule has 1 aromatic carbocycles. The summed E-state index contributed by atoms with van der Waals surface area (Å²) in [6, 6.07) is 5.91. The van der Waals surface area contributed by atoms with Gasteiger partial charge in [0.25, 0.3) is 0 Å². The van der Waals surface area contributed by atoms with E-state index in [1.165, 1.54) is 5.56 Å². The molecule has 1 aromatic rings. The van der Waals surface area contributed by atoms with Gasteiger partial charge in [-0.3, -0.25) is 4.79 Å². The van der Waals surface area contributed by atoms with Crippen LogP contribution in [-0.2, 0) is 27.2 Å². The molecule has 3 rings (SSSR count). The van der Waals surface area contributed by atoms with E-state index in [4.69, 9.17) is 15.2 Å². The summed E-state index contributed by atoms with van der Waals surface area (Å²) in [5, 5.41) is 21.2. The van der Waals surface area contributed by atoms with Crippen molar-refractivity contribution in [3.8, 4) is 5.75 Å². The van der Waals surface area contributed by atoms with Gasteiger partial charge in [0, 0.05) is 0 Å². The van der Waals surface area contributed by atoms with E-state index in [0.29, 0.717) is 17.6 Å². The van der Waals surface area contributed by atoms with Crippen molar-refractivity contribution in [1.82, 2.24) is 0 Å². The fourth-order valence-corrected chi connectivity index (χ4v) is 5.82. The molecule has 34 heavy (non-hydrogen) atoms. The predicted molar refractivity (Wildman–Crippen MR) is 129 cm³/mol. The fourth-order valence-electron chi connectivity index (χ4n) is 5.82. The van der Waals surface area contributed by atoms with Crippen molar-refractivity contribution in [2.75, 3.05) is 6.61 Å². The SMILES string of the molecule is CCCCC[C@H](O)CC[C@@H]1[C@H]2Cc3cccc(OCC(=O)OC(C)CC(N)=O)c3C[C@H]2C[C@H]1O. The molecule has 6 atom stereocenters. The number of primary amides is 1. The molecule has 0 radical (unpaired) electrons. The Balaban J connectivity index is 1.57. The Hall–Kier alpha value is -2.12. The van der Waals surface area contributed by atoms with Gasteiger partial charge in [0.1, 0.15) is 11.9 Å². The Bertz CT molecular complexity index is 827. The number of aliphatic hydroxyl groups excluding tert-OH is 2. The van der Waals surface area contributed by atoms with E-state index in [-0.39, 0.29) is 31.2 Å². The summed E-state index contributed by atoms with van der Waals surface area (Å²) in [6.07, 6.45) is 7.06. The Labute approximate surface area is 203 Å². The maximum absolute atomic E-state index is 12.1. The van der Waals surface area contributed by atoms with Crippen LogP contribution in [-0.4, -0.2) is 47.0 Å². The maximum Gasteiger partial charge on any atom is 0.344 e. The number of unbranched alkanes of at least 4 members (excludes halogenated alkanes) is 2. The Kier molecular flexibility index (Phi) is 9.77. The van der Waals surface area contributed by atoms with Crippen LogP contribution in [0.25, 0.3) is 0 Å². The average molecular weight is 476 g/mol. The summed E-state index contributed by atoms with van der Waals surface area (Å²) in [4.78, 5) is 23.1. The summed E-state index contributed by atoms with van der Waals surface area (Å²) < 4.78 is 11.0. The van der Waals surface area contributed by atoms with Gasteiger partial charge in [0.15, 0.2) is 6.61 Å². The highest BCUT2D eigenvalue weighted by molar-refractivity contribution is 5.75. The van der Waals surface area contributed by atoms with Crippen LogP contribution in [0.4, 0.5) is 0 Å². The number of benzene rings is 1. The maximum atomic E-state index is 12.1. The molecule has 0 spiro atoms. The fraction of sp³-hybridized carbons (Fsp3) is 0.704. The summed E-state index contributed by atoms with van der Waals surface area (Å²) in [5.41, 5.74) is 7.45. The zero-order valence-electron chi connectivity index (χ0n) is 20.6. The third-order valence-corrected chi connectivity index (χ3v) is 7.49. The molecule has 7 nitrogen and oxygen atoms in total. The molecule has 0 saturated heterocycles. The molecule has 0 aliphatic heterocycles. The van der Waals surface area contributed by atoms with E-state index in [1.807, 2.05) is 12.1 Å². The molecule has 2 aliphatic rings. The van der Waals surface area contributed by atoms with Gasteiger partial charge >= 0.3 is 5.97 Å². The molecule has 0 heterocycles. The zero-order valence-corrected chi connectivity index (χ0v) is 20.6. The molecule has 1 saturated carbocycles. The van der Waals surface area contributed by atoms with Crippen LogP contribution in [0, 0.1) is 17.8 Å². The second kappa shape index (κ2) is 12.5. The number of rotatable bonds is 13. The lowest BCUT2D eigenvalue weighted by atomic mass is 9.73. The molecule has 190 valence electrons. The van der Waals surface area contributed by atoms with E-state index in [0.717, 1.165) is 63.4 Å². The van der Waals surface area contributed by atoms with Gasteiger partial charge in [-0.2, -0.15) is 0 Å². The van der Waals surface area contributed by atoms with Crippen molar-refractivity contribution in [1.29, 1.82) is 0 Å². The minimum Gasteiger partial charge on any atom is -0.482 e. The first-order chi connectivity index (χ1) is 16.3. The van der Waals surface area contributed by atoms with E-state index < -0.39 is 18.0 Å². The highest BCUT2D eigenvalue weighted by Crippen LogP contribution is 2.48. The largest absolute Gasteiger partial charge is 0.482 e. The van der Waals surface area contributed by atoms with Crippen molar-refractivity contribution in [3.63, 3.8) is 0 Å². The molecule has 0 bridgehead atoms. The number of amides is 1. The van der Waals surface area contributed by atoms with Gasteiger partial charge < -0.3 is 25.4 Å². The number of carbonyl (C=O) groups excluding carboxylic acids is 2. The zero-order chi connectivity index (χ0) is 24.7. The first-order valence-electron chi connectivity index (χ1n) is 12.9. The van der Waals surface area contributed by atoms with Gasteiger partial charge in [-0.25, -0.2) is 4.79 Å². The first-order valence-corrected chi connectivity index (χ1v) is 12.9. The van der Waals surface area contributed by atoms with Gasteiger partial charge in [-0.15, -0.1) is 0 Å². The molecule has 4 N–H and O–H groups in total. The van der Waals surface area contributed by atoms with Crippen LogP contribution in [0.15, 0.2) is 18.2 Å². The first kappa shape index (κ1) is 26.5. The number of ether oxygens (including phenoxy) is 2. The number of fused-ring (bicyclic) bond motifs is 2. The summed E-state index contributed by atoms with van der Waals surface area (Å²) in [7, 11) is 0. The molecule has 7 heteroatoms. The molecule has 1 unspecified atom stereocenters. The van der Waals surface area contributed by atoms with Crippen molar-refractivity contribution < 1.29 is 29.3 Å². The quantitative estimate of drug-likeness (QED) is 0.297. The van der Waals surface area contributed by atoms with Gasteiger partial charge in [0.05, 0.1) is 18.6 Å². The monoisotopic (exact) mass is 475 g/mol.